The summed E-state index contributed by atoms with van der Waals surface area (Å²) in [4.78, 5) is 14.2. The molecule has 2 heterocycles. The molecule has 150 valence electrons. The lowest BCUT2D eigenvalue weighted by Gasteiger charge is -2.39. The van der Waals surface area contributed by atoms with Crippen molar-refractivity contribution >= 4 is 5.91 Å². The molecule has 1 amide bonds. The van der Waals surface area contributed by atoms with Crippen LogP contribution in [-0.2, 0) is 17.8 Å². The molecule has 2 aromatic carbocycles. The first-order valence-electron chi connectivity index (χ1n) is 9.70. The van der Waals surface area contributed by atoms with Crippen LogP contribution in [0, 0.1) is 12.7 Å². The molecule has 0 aliphatic carbocycles. The van der Waals surface area contributed by atoms with Crippen molar-refractivity contribution in [2.45, 2.75) is 32.4 Å². The van der Waals surface area contributed by atoms with Crippen LogP contribution in [0.25, 0.3) is 0 Å². The minimum Gasteiger partial charge on any atom is -0.487 e. The Morgan fingerprint density at radius 3 is 2.76 bits per heavy atom. The predicted molar refractivity (Wildman–Crippen MR) is 106 cm³/mol. The molecule has 3 aromatic rings. The number of para-hydroxylation sites is 1. The van der Waals surface area contributed by atoms with Gasteiger partial charge in [-0.25, -0.2) is 9.07 Å². The van der Waals surface area contributed by atoms with Gasteiger partial charge in [-0.1, -0.05) is 35.5 Å². The van der Waals surface area contributed by atoms with Crippen LogP contribution < -0.4 is 4.74 Å². The lowest BCUT2D eigenvalue weighted by atomic mass is 10.0. The van der Waals surface area contributed by atoms with Gasteiger partial charge in [-0.15, -0.1) is 5.10 Å². The summed E-state index contributed by atoms with van der Waals surface area (Å²) in [5, 5.41) is 8.32. The normalized spacial score (nSPS) is 13.9. The van der Waals surface area contributed by atoms with Crippen LogP contribution >= 0.6 is 0 Å². The molecule has 1 aliphatic rings. The number of ether oxygens (including phenoxy) is 1. The number of rotatable bonds is 7. The van der Waals surface area contributed by atoms with E-state index in [1.54, 1.807) is 23.7 Å². The smallest absolute Gasteiger partial charge is 0.223 e. The van der Waals surface area contributed by atoms with Crippen LogP contribution in [0.2, 0.25) is 0 Å². The van der Waals surface area contributed by atoms with Crippen molar-refractivity contribution in [3.63, 3.8) is 0 Å². The summed E-state index contributed by atoms with van der Waals surface area (Å²) in [5.74, 6) is 0.682. The minimum absolute atomic E-state index is 0.107. The van der Waals surface area contributed by atoms with Crippen LogP contribution in [0.5, 0.6) is 5.75 Å². The highest BCUT2D eigenvalue weighted by molar-refractivity contribution is 5.77. The molecule has 1 aromatic heterocycles. The third-order valence-electron chi connectivity index (χ3n) is 5.13. The summed E-state index contributed by atoms with van der Waals surface area (Å²) < 4.78 is 20.8. The number of carbonyl (C=O) groups excluding carboxylic acids is 1. The van der Waals surface area contributed by atoms with E-state index in [9.17, 15) is 9.18 Å². The van der Waals surface area contributed by atoms with Crippen molar-refractivity contribution in [3.8, 4) is 5.75 Å². The van der Waals surface area contributed by atoms with Crippen molar-refractivity contribution in [2.75, 3.05) is 13.1 Å². The maximum atomic E-state index is 13.3. The summed E-state index contributed by atoms with van der Waals surface area (Å²) >= 11 is 0. The Balaban J connectivity index is 1.22. The number of carbonyl (C=O) groups is 1. The molecule has 0 unspecified atom stereocenters. The fourth-order valence-electron chi connectivity index (χ4n) is 3.33. The Morgan fingerprint density at radius 2 is 2.00 bits per heavy atom. The highest BCUT2D eigenvalue weighted by atomic mass is 19.1. The lowest BCUT2D eigenvalue weighted by molar-refractivity contribution is -0.137. The third kappa shape index (κ3) is 4.62. The first-order valence-corrected chi connectivity index (χ1v) is 9.70. The Labute approximate surface area is 168 Å². The van der Waals surface area contributed by atoms with E-state index in [1.807, 2.05) is 41.4 Å². The molecule has 1 fully saturated rings. The number of likely N-dealkylation sites (tertiary alicyclic amines) is 1. The second-order valence-electron chi connectivity index (χ2n) is 7.33. The Morgan fingerprint density at radius 1 is 1.21 bits per heavy atom. The second-order valence-corrected chi connectivity index (χ2v) is 7.33. The van der Waals surface area contributed by atoms with E-state index in [1.165, 1.54) is 6.07 Å². The van der Waals surface area contributed by atoms with Gasteiger partial charge in [0, 0.05) is 19.5 Å². The van der Waals surface area contributed by atoms with Crippen LogP contribution in [0.1, 0.15) is 29.3 Å². The fourth-order valence-corrected chi connectivity index (χ4v) is 3.33. The van der Waals surface area contributed by atoms with Crippen molar-refractivity contribution in [1.29, 1.82) is 0 Å². The monoisotopic (exact) mass is 394 g/mol. The van der Waals surface area contributed by atoms with Gasteiger partial charge in [-0.2, -0.15) is 0 Å². The average Bonchev–Trinajstić information content (AvgIpc) is 3.15. The molecule has 4 rings (SSSR count). The van der Waals surface area contributed by atoms with E-state index < -0.39 is 0 Å². The summed E-state index contributed by atoms with van der Waals surface area (Å²) in [6, 6.07) is 14.7. The number of hydrogen-bond acceptors (Lipinski definition) is 4. The van der Waals surface area contributed by atoms with Crippen molar-refractivity contribution < 1.29 is 13.9 Å². The number of aryl methyl sites for hydroxylation is 2. The largest absolute Gasteiger partial charge is 0.487 e. The van der Waals surface area contributed by atoms with Gasteiger partial charge in [0.25, 0.3) is 0 Å². The zero-order valence-electron chi connectivity index (χ0n) is 16.3. The third-order valence-corrected chi connectivity index (χ3v) is 5.13. The summed E-state index contributed by atoms with van der Waals surface area (Å²) in [6.07, 6.45) is 2.91. The van der Waals surface area contributed by atoms with E-state index in [0.29, 0.717) is 38.1 Å². The van der Waals surface area contributed by atoms with E-state index in [4.69, 9.17) is 4.74 Å². The molecule has 1 aliphatic heterocycles. The van der Waals surface area contributed by atoms with Gasteiger partial charge >= 0.3 is 0 Å². The van der Waals surface area contributed by atoms with Crippen LogP contribution in [0.15, 0.2) is 54.7 Å². The molecule has 0 bridgehead atoms. The van der Waals surface area contributed by atoms with Gasteiger partial charge in [-0.05, 0) is 42.7 Å². The zero-order chi connectivity index (χ0) is 20.2. The summed E-state index contributed by atoms with van der Waals surface area (Å²) in [6.45, 7) is 3.35. The van der Waals surface area contributed by atoms with Crippen LogP contribution in [-0.4, -0.2) is 38.9 Å². The van der Waals surface area contributed by atoms with Gasteiger partial charge in [0.15, 0.2) is 0 Å². The Hall–Kier alpha value is -3.22. The molecule has 7 heteroatoms. The number of amides is 1. The van der Waals surface area contributed by atoms with Crippen molar-refractivity contribution in [1.82, 2.24) is 19.9 Å². The average molecular weight is 394 g/mol. The topological polar surface area (TPSA) is 60.2 Å². The molecule has 0 N–H and O–H groups in total. The van der Waals surface area contributed by atoms with E-state index >= 15 is 0 Å². The van der Waals surface area contributed by atoms with Crippen molar-refractivity contribution in [2.24, 2.45) is 0 Å². The van der Waals surface area contributed by atoms with Gasteiger partial charge in [0.1, 0.15) is 23.9 Å². The molecule has 0 saturated carbocycles. The standard InChI is InChI=1S/C22H23FN4O2/c1-16-11-17(7-9-21(16)23)8-10-22(28)26-13-19(14-26)27-12-18(24-25-27)15-29-20-5-3-2-4-6-20/h2-7,9,11-12,19H,8,10,13-15H2,1H3. The van der Waals surface area contributed by atoms with Gasteiger partial charge in [0.2, 0.25) is 5.91 Å². The number of halogens is 1. The first kappa shape index (κ1) is 19.1. The first-order chi connectivity index (χ1) is 14.1. The molecule has 0 spiro atoms. The number of aromatic nitrogens is 3. The predicted octanol–water partition coefficient (Wildman–Crippen LogP) is 3.32. The molecular formula is C22H23FN4O2. The zero-order valence-corrected chi connectivity index (χ0v) is 16.3. The van der Waals surface area contributed by atoms with Gasteiger partial charge in [0.05, 0.1) is 12.2 Å². The molecule has 1 saturated heterocycles. The van der Waals surface area contributed by atoms with Gasteiger partial charge in [-0.3, -0.25) is 4.79 Å². The molecular weight excluding hydrogens is 371 g/mol. The lowest BCUT2D eigenvalue weighted by Crippen LogP contribution is -2.51. The van der Waals surface area contributed by atoms with Crippen LogP contribution in [0.4, 0.5) is 4.39 Å². The molecule has 0 atom stereocenters. The summed E-state index contributed by atoms with van der Waals surface area (Å²) in [5.41, 5.74) is 2.34. The number of hydrogen-bond donors (Lipinski definition) is 0. The molecule has 29 heavy (non-hydrogen) atoms. The quantitative estimate of drug-likeness (QED) is 0.617. The Bertz CT molecular complexity index is 983. The van der Waals surface area contributed by atoms with E-state index in [0.717, 1.165) is 17.0 Å². The Kier molecular flexibility index (Phi) is 5.55. The fraction of sp³-hybridized carbons (Fsp3) is 0.318. The maximum absolute atomic E-state index is 13.3. The highest BCUT2D eigenvalue weighted by Crippen LogP contribution is 2.22. The SMILES string of the molecule is Cc1cc(CCC(=O)N2CC(n3cc(COc4ccccc4)nn3)C2)ccc1F. The van der Waals surface area contributed by atoms with E-state index in [2.05, 4.69) is 10.3 Å². The highest BCUT2D eigenvalue weighted by Gasteiger charge is 2.32. The maximum Gasteiger partial charge on any atom is 0.223 e. The van der Waals surface area contributed by atoms with E-state index in [-0.39, 0.29) is 17.8 Å². The number of nitrogens with zero attached hydrogens (tertiary/aromatic N) is 4. The van der Waals surface area contributed by atoms with Crippen molar-refractivity contribution in [3.05, 3.63) is 77.4 Å². The van der Waals surface area contributed by atoms with Crippen LogP contribution in [0.3, 0.4) is 0 Å². The minimum atomic E-state index is -0.216. The second kappa shape index (κ2) is 8.43. The molecule has 0 radical (unpaired) electrons. The van der Waals surface area contributed by atoms with Gasteiger partial charge < -0.3 is 9.64 Å². The summed E-state index contributed by atoms with van der Waals surface area (Å²) in [7, 11) is 0. The molecule has 6 nitrogen and oxygen atoms in total. The number of benzene rings is 2.